The lowest BCUT2D eigenvalue weighted by Gasteiger charge is -2.13. The lowest BCUT2D eigenvalue weighted by molar-refractivity contribution is -0.115. The molecule has 1 aromatic rings. The van der Waals surface area contributed by atoms with E-state index in [1.165, 1.54) is 6.42 Å². The van der Waals surface area contributed by atoms with Crippen molar-refractivity contribution in [1.82, 2.24) is 5.32 Å². The van der Waals surface area contributed by atoms with Gasteiger partial charge in [0.25, 0.3) is 0 Å². The quantitative estimate of drug-likeness (QED) is 0.890. The van der Waals surface area contributed by atoms with Crippen LogP contribution in [0.15, 0.2) is 18.2 Å². The standard InChI is InChI=1S/C14H18Cl2N2O/c1-9-5-6-10(7-9)17-8-13(19)18-14-11(15)3-2-4-12(14)16/h2-4,9-10,17H,5-8H2,1H3,(H,18,19). The van der Waals surface area contributed by atoms with E-state index in [1.807, 2.05) is 0 Å². The zero-order valence-electron chi connectivity index (χ0n) is 10.9. The van der Waals surface area contributed by atoms with Crippen LogP contribution in [-0.4, -0.2) is 18.5 Å². The number of hydrogen-bond acceptors (Lipinski definition) is 2. The average Bonchev–Trinajstić information content (AvgIpc) is 2.77. The van der Waals surface area contributed by atoms with Crippen LogP contribution in [0.25, 0.3) is 0 Å². The van der Waals surface area contributed by atoms with E-state index >= 15 is 0 Å². The third kappa shape index (κ3) is 4.10. The third-order valence-electron chi connectivity index (χ3n) is 3.47. The minimum absolute atomic E-state index is 0.116. The maximum Gasteiger partial charge on any atom is 0.238 e. The summed E-state index contributed by atoms with van der Waals surface area (Å²) in [6, 6.07) is 5.60. The van der Waals surface area contributed by atoms with Gasteiger partial charge in [-0.1, -0.05) is 36.2 Å². The van der Waals surface area contributed by atoms with Crippen molar-refractivity contribution in [3.8, 4) is 0 Å². The van der Waals surface area contributed by atoms with Crippen molar-refractivity contribution in [2.45, 2.75) is 32.2 Å². The van der Waals surface area contributed by atoms with Crippen molar-refractivity contribution in [1.29, 1.82) is 0 Å². The predicted molar refractivity (Wildman–Crippen MR) is 79.9 cm³/mol. The lowest BCUT2D eigenvalue weighted by atomic mass is 10.1. The molecule has 0 bridgehead atoms. The van der Waals surface area contributed by atoms with Crippen molar-refractivity contribution < 1.29 is 4.79 Å². The largest absolute Gasteiger partial charge is 0.322 e. The maximum atomic E-state index is 11.9. The second-order valence-electron chi connectivity index (χ2n) is 5.14. The number of nitrogens with one attached hydrogen (secondary N) is 2. The highest BCUT2D eigenvalue weighted by Gasteiger charge is 2.21. The molecule has 2 rings (SSSR count). The van der Waals surface area contributed by atoms with Crippen molar-refractivity contribution >= 4 is 34.8 Å². The molecule has 3 nitrogen and oxygen atoms in total. The van der Waals surface area contributed by atoms with Gasteiger partial charge in [-0.25, -0.2) is 0 Å². The molecule has 0 radical (unpaired) electrons. The van der Waals surface area contributed by atoms with Crippen LogP contribution in [0.1, 0.15) is 26.2 Å². The Morgan fingerprint density at radius 2 is 2.00 bits per heavy atom. The number of carbonyl (C=O) groups is 1. The Bertz CT molecular complexity index is 445. The number of halogens is 2. The Morgan fingerprint density at radius 3 is 2.58 bits per heavy atom. The number of hydrogen-bond donors (Lipinski definition) is 2. The van der Waals surface area contributed by atoms with E-state index in [0.29, 0.717) is 28.3 Å². The van der Waals surface area contributed by atoms with Gasteiger partial charge in [-0.15, -0.1) is 0 Å². The lowest BCUT2D eigenvalue weighted by Crippen LogP contribution is -2.34. The second kappa shape index (κ2) is 6.60. The summed E-state index contributed by atoms with van der Waals surface area (Å²) in [6.45, 7) is 2.53. The fourth-order valence-corrected chi connectivity index (χ4v) is 2.92. The zero-order chi connectivity index (χ0) is 13.8. The number of benzene rings is 1. The van der Waals surface area contributed by atoms with E-state index in [-0.39, 0.29) is 5.91 Å². The summed E-state index contributed by atoms with van der Waals surface area (Å²) in [6.07, 6.45) is 3.51. The van der Waals surface area contributed by atoms with Gasteiger partial charge in [0.2, 0.25) is 5.91 Å². The minimum Gasteiger partial charge on any atom is -0.322 e. The monoisotopic (exact) mass is 300 g/mol. The van der Waals surface area contributed by atoms with Gasteiger partial charge in [0.15, 0.2) is 0 Å². The molecule has 19 heavy (non-hydrogen) atoms. The molecule has 1 saturated carbocycles. The van der Waals surface area contributed by atoms with Crippen LogP contribution in [0, 0.1) is 5.92 Å². The van der Waals surface area contributed by atoms with Gasteiger partial charge in [0.05, 0.1) is 22.3 Å². The normalized spacial score (nSPS) is 22.5. The summed E-state index contributed by atoms with van der Waals surface area (Å²) in [5.74, 6) is 0.633. The Labute approximate surface area is 123 Å². The smallest absolute Gasteiger partial charge is 0.238 e. The van der Waals surface area contributed by atoms with Crippen LogP contribution in [0.3, 0.4) is 0 Å². The van der Waals surface area contributed by atoms with Crippen LogP contribution >= 0.6 is 23.2 Å². The molecule has 0 saturated heterocycles. The SMILES string of the molecule is CC1CCC(NCC(=O)Nc2c(Cl)cccc2Cl)C1. The molecule has 0 aliphatic heterocycles. The highest BCUT2D eigenvalue weighted by Crippen LogP contribution is 2.29. The van der Waals surface area contributed by atoms with E-state index in [0.717, 1.165) is 18.8 Å². The van der Waals surface area contributed by atoms with Crippen LogP contribution in [-0.2, 0) is 4.79 Å². The predicted octanol–water partition coefficient (Wildman–Crippen LogP) is 3.71. The number of carbonyl (C=O) groups excluding carboxylic acids is 1. The molecular formula is C14H18Cl2N2O. The van der Waals surface area contributed by atoms with Gasteiger partial charge in [-0.05, 0) is 37.3 Å². The van der Waals surface area contributed by atoms with Crippen LogP contribution in [0.5, 0.6) is 0 Å². The Morgan fingerprint density at radius 1 is 1.32 bits per heavy atom. The molecule has 1 amide bonds. The summed E-state index contributed by atoms with van der Waals surface area (Å²) in [4.78, 5) is 11.9. The molecular weight excluding hydrogens is 283 g/mol. The average molecular weight is 301 g/mol. The topological polar surface area (TPSA) is 41.1 Å². The first-order chi connectivity index (χ1) is 9.06. The number of anilines is 1. The van der Waals surface area contributed by atoms with Gasteiger partial charge in [0.1, 0.15) is 0 Å². The van der Waals surface area contributed by atoms with Crippen molar-refractivity contribution in [3.63, 3.8) is 0 Å². The van der Waals surface area contributed by atoms with E-state index in [1.54, 1.807) is 18.2 Å². The van der Waals surface area contributed by atoms with E-state index in [2.05, 4.69) is 17.6 Å². The molecule has 5 heteroatoms. The molecule has 104 valence electrons. The molecule has 2 atom stereocenters. The minimum atomic E-state index is -0.116. The summed E-state index contributed by atoms with van der Waals surface area (Å²) in [5.41, 5.74) is 0.484. The fourth-order valence-electron chi connectivity index (χ4n) is 2.43. The van der Waals surface area contributed by atoms with E-state index in [4.69, 9.17) is 23.2 Å². The number of para-hydroxylation sites is 1. The van der Waals surface area contributed by atoms with Crippen molar-refractivity contribution in [3.05, 3.63) is 28.2 Å². The number of amides is 1. The Kier molecular flexibility index (Phi) is 5.08. The van der Waals surface area contributed by atoms with Crippen LogP contribution < -0.4 is 10.6 Å². The zero-order valence-corrected chi connectivity index (χ0v) is 12.4. The first-order valence-electron chi connectivity index (χ1n) is 6.53. The van der Waals surface area contributed by atoms with Crippen LogP contribution in [0.4, 0.5) is 5.69 Å². The number of rotatable bonds is 4. The molecule has 1 aliphatic rings. The van der Waals surface area contributed by atoms with E-state index < -0.39 is 0 Å². The molecule has 1 aromatic carbocycles. The summed E-state index contributed by atoms with van der Waals surface area (Å²) < 4.78 is 0. The molecule has 0 spiro atoms. The maximum absolute atomic E-state index is 11.9. The third-order valence-corrected chi connectivity index (χ3v) is 4.10. The fraction of sp³-hybridized carbons (Fsp3) is 0.500. The highest BCUT2D eigenvalue weighted by molar-refractivity contribution is 6.39. The molecule has 2 unspecified atom stereocenters. The first-order valence-corrected chi connectivity index (χ1v) is 7.29. The second-order valence-corrected chi connectivity index (χ2v) is 5.96. The Balaban J connectivity index is 1.84. The van der Waals surface area contributed by atoms with Crippen molar-refractivity contribution in [2.24, 2.45) is 5.92 Å². The molecule has 0 heterocycles. The summed E-state index contributed by atoms with van der Waals surface area (Å²) >= 11 is 12.0. The van der Waals surface area contributed by atoms with Gasteiger partial charge in [-0.2, -0.15) is 0 Å². The molecule has 0 aromatic heterocycles. The molecule has 1 fully saturated rings. The van der Waals surface area contributed by atoms with Crippen molar-refractivity contribution in [2.75, 3.05) is 11.9 Å². The van der Waals surface area contributed by atoms with Crippen LogP contribution in [0.2, 0.25) is 10.0 Å². The summed E-state index contributed by atoms with van der Waals surface area (Å²) in [5, 5.41) is 6.93. The van der Waals surface area contributed by atoms with Gasteiger partial charge >= 0.3 is 0 Å². The highest BCUT2D eigenvalue weighted by atomic mass is 35.5. The summed E-state index contributed by atoms with van der Waals surface area (Å²) in [7, 11) is 0. The Hall–Kier alpha value is -0.770. The molecule has 2 N–H and O–H groups in total. The van der Waals surface area contributed by atoms with E-state index in [9.17, 15) is 4.79 Å². The molecule has 1 aliphatic carbocycles. The first kappa shape index (κ1) is 14.6. The van der Waals surface area contributed by atoms with Gasteiger partial charge < -0.3 is 10.6 Å². The van der Waals surface area contributed by atoms with Gasteiger partial charge in [-0.3, -0.25) is 4.79 Å². The van der Waals surface area contributed by atoms with Gasteiger partial charge in [0, 0.05) is 6.04 Å².